The molecule has 0 radical (unpaired) electrons. The van der Waals surface area contributed by atoms with Crippen molar-refractivity contribution >= 4 is 17.0 Å². The van der Waals surface area contributed by atoms with Crippen molar-refractivity contribution in [3.05, 3.63) is 53.6 Å². The second-order valence-corrected chi connectivity index (χ2v) is 7.88. The van der Waals surface area contributed by atoms with Crippen molar-refractivity contribution < 1.29 is 9.47 Å². The molecule has 3 nitrogen and oxygen atoms in total. The second kappa shape index (κ2) is 6.49. The Bertz CT molecular complexity index is 967. The van der Waals surface area contributed by atoms with Gasteiger partial charge in [-0.1, -0.05) is 31.6 Å². The molecule has 2 aromatic carbocycles. The van der Waals surface area contributed by atoms with Gasteiger partial charge in [0.1, 0.15) is 17.3 Å². The van der Waals surface area contributed by atoms with E-state index in [2.05, 4.69) is 57.3 Å². The molecule has 0 amide bonds. The zero-order valence-corrected chi connectivity index (χ0v) is 16.8. The summed E-state index contributed by atoms with van der Waals surface area (Å²) in [6.07, 6.45) is 6.58. The number of hydrogen-bond donors (Lipinski definition) is 1. The molecule has 0 unspecified atom stereocenters. The van der Waals surface area contributed by atoms with Crippen LogP contribution in [0.3, 0.4) is 0 Å². The summed E-state index contributed by atoms with van der Waals surface area (Å²) in [5.41, 5.74) is 6.95. The fourth-order valence-corrected chi connectivity index (χ4v) is 4.20. The van der Waals surface area contributed by atoms with E-state index in [1.54, 1.807) is 7.11 Å². The predicted molar refractivity (Wildman–Crippen MR) is 113 cm³/mol. The maximum atomic E-state index is 6.40. The highest BCUT2D eigenvalue weighted by molar-refractivity contribution is 5.98. The Kier molecular flexibility index (Phi) is 4.26. The number of unbranched alkanes of at least 4 members (excludes halogenated alkanes) is 1. The van der Waals surface area contributed by atoms with E-state index in [1.165, 1.54) is 16.7 Å². The van der Waals surface area contributed by atoms with E-state index in [0.29, 0.717) is 0 Å². The maximum absolute atomic E-state index is 6.40. The van der Waals surface area contributed by atoms with Crippen LogP contribution in [0, 0.1) is 0 Å². The standard InChI is InChI=1S/C24H27NO2/c1-6-7-9-20-23-16(22-18(26-5)10-8-11-19(22)27-20)12-13-17-21(23)15(2)14-24(3,4)25-17/h8-14,25H,6-7H2,1-5H3. The zero-order valence-electron chi connectivity index (χ0n) is 16.8. The lowest BCUT2D eigenvalue weighted by Gasteiger charge is -2.35. The summed E-state index contributed by atoms with van der Waals surface area (Å²) in [5, 5.41) is 3.66. The van der Waals surface area contributed by atoms with Crippen LogP contribution in [-0.2, 0) is 0 Å². The minimum atomic E-state index is -0.0657. The smallest absolute Gasteiger partial charge is 0.139 e. The first-order valence-electron chi connectivity index (χ1n) is 9.66. The van der Waals surface area contributed by atoms with Gasteiger partial charge in [-0.3, -0.25) is 0 Å². The van der Waals surface area contributed by atoms with Crippen LogP contribution in [0.25, 0.3) is 22.5 Å². The lowest BCUT2D eigenvalue weighted by molar-refractivity contribution is 0.412. The van der Waals surface area contributed by atoms with E-state index in [9.17, 15) is 0 Å². The molecule has 2 aliphatic heterocycles. The van der Waals surface area contributed by atoms with E-state index in [4.69, 9.17) is 9.47 Å². The third-order valence-electron chi connectivity index (χ3n) is 5.20. The van der Waals surface area contributed by atoms with Gasteiger partial charge in [-0.05, 0) is 57.0 Å². The molecule has 3 heteroatoms. The molecule has 2 aliphatic rings. The average molecular weight is 361 g/mol. The number of hydrogen-bond acceptors (Lipinski definition) is 3. The summed E-state index contributed by atoms with van der Waals surface area (Å²) >= 11 is 0. The van der Waals surface area contributed by atoms with Crippen LogP contribution in [0.5, 0.6) is 11.5 Å². The quantitative estimate of drug-likeness (QED) is 0.676. The fraction of sp³-hybridized carbons (Fsp3) is 0.333. The van der Waals surface area contributed by atoms with Crippen LogP contribution in [0.2, 0.25) is 0 Å². The Labute approximate surface area is 161 Å². The summed E-state index contributed by atoms with van der Waals surface area (Å²) in [5.74, 6) is 2.64. The minimum Gasteiger partial charge on any atom is -0.496 e. The molecule has 4 rings (SSSR count). The van der Waals surface area contributed by atoms with Crippen molar-refractivity contribution in [3.8, 4) is 22.6 Å². The summed E-state index contributed by atoms with van der Waals surface area (Å²) < 4.78 is 12.1. The van der Waals surface area contributed by atoms with Crippen LogP contribution in [-0.4, -0.2) is 12.6 Å². The van der Waals surface area contributed by atoms with Crippen LogP contribution in [0.4, 0.5) is 5.69 Å². The third-order valence-corrected chi connectivity index (χ3v) is 5.20. The molecular weight excluding hydrogens is 334 g/mol. The summed E-state index contributed by atoms with van der Waals surface area (Å²) in [6, 6.07) is 10.4. The Hall–Kier alpha value is -2.68. The molecular formula is C24H27NO2. The van der Waals surface area contributed by atoms with E-state index >= 15 is 0 Å². The zero-order chi connectivity index (χ0) is 19.2. The van der Waals surface area contributed by atoms with Gasteiger partial charge in [0.05, 0.1) is 18.2 Å². The number of anilines is 1. The molecule has 1 N–H and O–H groups in total. The maximum Gasteiger partial charge on any atom is 0.139 e. The van der Waals surface area contributed by atoms with Crippen LogP contribution in [0.1, 0.15) is 51.7 Å². The number of methoxy groups -OCH3 is 1. The van der Waals surface area contributed by atoms with Crippen molar-refractivity contribution in [1.82, 2.24) is 0 Å². The van der Waals surface area contributed by atoms with Crippen LogP contribution >= 0.6 is 0 Å². The van der Waals surface area contributed by atoms with E-state index < -0.39 is 0 Å². The molecule has 140 valence electrons. The van der Waals surface area contributed by atoms with Gasteiger partial charge in [-0.15, -0.1) is 0 Å². The summed E-state index contributed by atoms with van der Waals surface area (Å²) in [4.78, 5) is 0. The van der Waals surface area contributed by atoms with Crippen molar-refractivity contribution in [2.75, 3.05) is 12.4 Å². The molecule has 0 atom stereocenters. The van der Waals surface area contributed by atoms with Gasteiger partial charge in [-0.2, -0.15) is 0 Å². The SMILES string of the molecule is CCCC=C1Oc2cccc(OC)c2-c2ccc3c(c21)C(C)=CC(C)(C)N3. The summed E-state index contributed by atoms with van der Waals surface area (Å²) in [7, 11) is 1.71. The number of rotatable bonds is 3. The molecule has 0 aliphatic carbocycles. The molecule has 0 bridgehead atoms. The second-order valence-electron chi connectivity index (χ2n) is 7.88. The predicted octanol–water partition coefficient (Wildman–Crippen LogP) is 6.50. The highest BCUT2D eigenvalue weighted by Crippen LogP contribution is 2.51. The lowest BCUT2D eigenvalue weighted by Crippen LogP contribution is -2.32. The van der Waals surface area contributed by atoms with Crippen molar-refractivity contribution in [2.45, 2.75) is 46.1 Å². The Balaban J connectivity index is 2.03. The van der Waals surface area contributed by atoms with Crippen LogP contribution < -0.4 is 14.8 Å². The van der Waals surface area contributed by atoms with Crippen LogP contribution in [0.15, 0.2) is 42.5 Å². The normalized spacial score (nSPS) is 17.8. The van der Waals surface area contributed by atoms with E-state index in [1.807, 2.05) is 18.2 Å². The van der Waals surface area contributed by atoms with Crippen molar-refractivity contribution in [3.63, 3.8) is 0 Å². The first kappa shape index (κ1) is 17.7. The Morgan fingerprint density at radius 1 is 1.11 bits per heavy atom. The monoisotopic (exact) mass is 361 g/mol. The van der Waals surface area contributed by atoms with Gasteiger partial charge >= 0.3 is 0 Å². The molecule has 0 saturated heterocycles. The minimum absolute atomic E-state index is 0.0657. The molecule has 27 heavy (non-hydrogen) atoms. The number of nitrogens with one attached hydrogen (secondary N) is 1. The number of fused-ring (bicyclic) bond motifs is 5. The topological polar surface area (TPSA) is 30.5 Å². The Morgan fingerprint density at radius 2 is 1.93 bits per heavy atom. The summed E-state index contributed by atoms with van der Waals surface area (Å²) in [6.45, 7) is 8.77. The van der Waals surface area contributed by atoms with E-state index in [0.717, 1.165) is 46.9 Å². The highest BCUT2D eigenvalue weighted by Gasteiger charge is 2.32. The first-order valence-corrected chi connectivity index (χ1v) is 9.66. The number of ether oxygens (including phenoxy) is 2. The number of benzene rings is 2. The largest absolute Gasteiger partial charge is 0.496 e. The van der Waals surface area contributed by atoms with Gasteiger partial charge in [0.15, 0.2) is 0 Å². The molecule has 0 fully saturated rings. The highest BCUT2D eigenvalue weighted by atomic mass is 16.5. The van der Waals surface area contributed by atoms with Gasteiger partial charge in [-0.25, -0.2) is 0 Å². The lowest BCUT2D eigenvalue weighted by atomic mass is 9.83. The molecule has 2 aromatic rings. The first-order chi connectivity index (χ1) is 12.9. The number of allylic oxidation sites excluding steroid dienone is 2. The third kappa shape index (κ3) is 2.91. The fourth-order valence-electron chi connectivity index (χ4n) is 4.20. The molecule has 2 heterocycles. The van der Waals surface area contributed by atoms with Crippen molar-refractivity contribution in [1.29, 1.82) is 0 Å². The Morgan fingerprint density at radius 3 is 2.67 bits per heavy atom. The molecule has 0 aromatic heterocycles. The van der Waals surface area contributed by atoms with Gasteiger partial charge in [0.25, 0.3) is 0 Å². The molecule has 0 spiro atoms. The molecule has 0 saturated carbocycles. The van der Waals surface area contributed by atoms with Gasteiger partial charge in [0.2, 0.25) is 0 Å². The van der Waals surface area contributed by atoms with Gasteiger partial charge < -0.3 is 14.8 Å². The van der Waals surface area contributed by atoms with Crippen molar-refractivity contribution in [2.24, 2.45) is 0 Å². The van der Waals surface area contributed by atoms with E-state index in [-0.39, 0.29) is 5.54 Å². The average Bonchev–Trinajstić information content (AvgIpc) is 2.63. The van der Waals surface area contributed by atoms with Gasteiger partial charge in [0, 0.05) is 22.4 Å².